The molecule has 0 aliphatic heterocycles. The molecule has 0 N–H and O–H groups in total. The monoisotopic (exact) mass is 313 g/mol. The summed E-state index contributed by atoms with van der Waals surface area (Å²) in [6.45, 7) is 4.10. The Morgan fingerprint density at radius 3 is 2.57 bits per heavy atom. The molecule has 1 saturated carbocycles. The van der Waals surface area contributed by atoms with Crippen LogP contribution in [0.1, 0.15) is 42.9 Å². The average molecular weight is 313 g/mol. The van der Waals surface area contributed by atoms with Gasteiger partial charge in [0.25, 0.3) is 0 Å². The lowest BCUT2D eigenvalue weighted by atomic mass is 9.86. The summed E-state index contributed by atoms with van der Waals surface area (Å²) in [6, 6.07) is 4.43. The normalized spacial score (nSPS) is 21.2. The highest BCUT2D eigenvalue weighted by molar-refractivity contribution is 5.72. The molecule has 1 aliphatic carbocycles. The number of nitrogens with zero attached hydrogens (tertiary/aromatic N) is 3. The molecule has 5 nitrogen and oxygen atoms in total. The zero-order chi connectivity index (χ0) is 16.4. The van der Waals surface area contributed by atoms with Crippen molar-refractivity contribution >= 4 is 5.97 Å². The van der Waals surface area contributed by atoms with Gasteiger partial charge in [-0.2, -0.15) is 5.10 Å². The van der Waals surface area contributed by atoms with Gasteiger partial charge in [-0.05, 0) is 56.7 Å². The number of aromatic nitrogens is 3. The SMILES string of the molecule is COC(=O)C1CCC(n2cc(C)c(-c3ccc(C)cn3)n2)CC1. The van der Waals surface area contributed by atoms with Crippen molar-refractivity contribution in [1.82, 2.24) is 14.8 Å². The van der Waals surface area contributed by atoms with E-state index in [0.717, 1.165) is 48.2 Å². The van der Waals surface area contributed by atoms with Crippen LogP contribution in [-0.4, -0.2) is 27.8 Å². The Hall–Kier alpha value is -2.17. The Balaban J connectivity index is 1.74. The quantitative estimate of drug-likeness (QED) is 0.814. The van der Waals surface area contributed by atoms with Crippen LogP contribution in [0.2, 0.25) is 0 Å². The Morgan fingerprint density at radius 1 is 1.22 bits per heavy atom. The molecule has 1 fully saturated rings. The largest absolute Gasteiger partial charge is 0.469 e. The smallest absolute Gasteiger partial charge is 0.308 e. The van der Waals surface area contributed by atoms with Crippen LogP contribution < -0.4 is 0 Å². The van der Waals surface area contributed by atoms with Crippen LogP contribution in [-0.2, 0) is 9.53 Å². The number of hydrogen-bond donors (Lipinski definition) is 0. The van der Waals surface area contributed by atoms with E-state index < -0.39 is 0 Å². The van der Waals surface area contributed by atoms with Crippen LogP contribution >= 0.6 is 0 Å². The van der Waals surface area contributed by atoms with Crippen LogP contribution in [0.3, 0.4) is 0 Å². The van der Waals surface area contributed by atoms with Crippen molar-refractivity contribution in [2.24, 2.45) is 5.92 Å². The number of rotatable bonds is 3. The zero-order valence-corrected chi connectivity index (χ0v) is 14.0. The minimum absolute atomic E-state index is 0.0474. The topological polar surface area (TPSA) is 57.0 Å². The number of ether oxygens (including phenoxy) is 1. The van der Waals surface area contributed by atoms with E-state index in [9.17, 15) is 4.79 Å². The van der Waals surface area contributed by atoms with E-state index >= 15 is 0 Å². The number of pyridine rings is 1. The highest BCUT2D eigenvalue weighted by atomic mass is 16.5. The molecule has 0 aromatic carbocycles. The maximum atomic E-state index is 11.6. The summed E-state index contributed by atoms with van der Waals surface area (Å²) in [5.41, 5.74) is 4.14. The summed E-state index contributed by atoms with van der Waals surface area (Å²) in [5, 5.41) is 4.76. The summed E-state index contributed by atoms with van der Waals surface area (Å²) in [7, 11) is 1.46. The first-order chi connectivity index (χ1) is 11.1. The lowest BCUT2D eigenvalue weighted by Crippen LogP contribution is -2.24. The Kier molecular flexibility index (Phi) is 4.46. The van der Waals surface area contributed by atoms with Gasteiger partial charge in [-0.3, -0.25) is 14.5 Å². The second kappa shape index (κ2) is 6.52. The molecular weight excluding hydrogens is 290 g/mol. The molecule has 2 aromatic rings. The number of carbonyl (C=O) groups is 1. The van der Waals surface area contributed by atoms with Crippen molar-refractivity contribution in [1.29, 1.82) is 0 Å². The average Bonchev–Trinajstić information content (AvgIpc) is 2.97. The molecule has 0 saturated heterocycles. The van der Waals surface area contributed by atoms with Crippen LogP contribution in [0, 0.1) is 19.8 Å². The van der Waals surface area contributed by atoms with Gasteiger partial charge in [0.1, 0.15) is 5.69 Å². The van der Waals surface area contributed by atoms with E-state index in [-0.39, 0.29) is 11.9 Å². The molecule has 5 heteroatoms. The van der Waals surface area contributed by atoms with Crippen molar-refractivity contribution in [2.45, 2.75) is 45.6 Å². The Bertz CT molecular complexity index is 683. The second-order valence-corrected chi connectivity index (χ2v) is 6.39. The van der Waals surface area contributed by atoms with Crippen LogP contribution in [0.4, 0.5) is 0 Å². The van der Waals surface area contributed by atoms with E-state index in [1.54, 1.807) is 0 Å². The lowest BCUT2D eigenvalue weighted by molar-refractivity contribution is -0.146. The Labute approximate surface area is 136 Å². The lowest BCUT2D eigenvalue weighted by Gasteiger charge is -2.27. The standard InChI is InChI=1S/C18H23N3O2/c1-12-4-9-16(19-10-12)17-13(2)11-21(20-17)15-7-5-14(6-8-15)18(22)23-3/h4,9-11,14-15H,5-8H2,1-3H3. The molecule has 0 unspecified atom stereocenters. The van der Waals surface area contributed by atoms with Crippen molar-refractivity contribution in [3.05, 3.63) is 35.7 Å². The maximum absolute atomic E-state index is 11.6. The van der Waals surface area contributed by atoms with Gasteiger partial charge in [0.05, 0.1) is 24.8 Å². The van der Waals surface area contributed by atoms with Crippen LogP contribution in [0.5, 0.6) is 0 Å². The van der Waals surface area contributed by atoms with Gasteiger partial charge in [0.15, 0.2) is 0 Å². The van der Waals surface area contributed by atoms with Crippen molar-refractivity contribution < 1.29 is 9.53 Å². The molecule has 0 atom stereocenters. The fraction of sp³-hybridized carbons (Fsp3) is 0.500. The minimum Gasteiger partial charge on any atom is -0.469 e. The number of esters is 1. The predicted molar refractivity (Wildman–Crippen MR) is 87.9 cm³/mol. The molecule has 0 bridgehead atoms. The second-order valence-electron chi connectivity index (χ2n) is 6.39. The maximum Gasteiger partial charge on any atom is 0.308 e. The van der Waals surface area contributed by atoms with Gasteiger partial charge in [0, 0.05) is 12.4 Å². The van der Waals surface area contributed by atoms with Crippen LogP contribution in [0.25, 0.3) is 11.4 Å². The molecule has 0 radical (unpaired) electrons. The first-order valence-corrected chi connectivity index (χ1v) is 8.15. The molecule has 122 valence electrons. The van der Waals surface area contributed by atoms with Gasteiger partial charge >= 0.3 is 5.97 Å². The van der Waals surface area contributed by atoms with E-state index in [2.05, 4.69) is 28.9 Å². The van der Waals surface area contributed by atoms with Gasteiger partial charge in [-0.1, -0.05) is 6.07 Å². The van der Waals surface area contributed by atoms with E-state index in [1.165, 1.54) is 7.11 Å². The van der Waals surface area contributed by atoms with Gasteiger partial charge in [-0.15, -0.1) is 0 Å². The molecule has 0 amide bonds. The molecule has 0 spiro atoms. The molecule has 3 rings (SSSR count). The van der Waals surface area contributed by atoms with E-state index in [0.29, 0.717) is 6.04 Å². The van der Waals surface area contributed by atoms with Gasteiger partial charge in [-0.25, -0.2) is 0 Å². The molecule has 2 heterocycles. The summed E-state index contributed by atoms with van der Waals surface area (Å²) in [6.07, 6.45) is 7.63. The molecule has 2 aromatic heterocycles. The summed E-state index contributed by atoms with van der Waals surface area (Å²) < 4.78 is 6.91. The Morgan fingerprint density at radius 2 is 1.96 bits per heavy atom. The van der Waals surface area contributed by atoms with Gasteiger partial charge < -0.3 is 4.74 Å². The number of hydrogen-bond acceptors (Lipinski definition) is 4. The first kappa shape index (κ1) is 15.7. The fourth-order valence-corrected chi connectivity index (χ4v) is 3.27. The number of aryl methyl sites for hydroxylation is 2. The third-order valence-corrected chi connectivity index (χ3v) is 4.67. The van der Waals surface area contributed by atoms with Crippen LogP contribution in [0.15, 0.2) is 24.5 Å². The highest BCUT2D eigenvalue weighted by Gasteiger charge is 2.28. The van der Waals surface area contributed by atoms with E-state index in [1.807, 2.05) is 19.2 Å². The third kappa shape index (κ3) is 3.28. The summed E-state index contributed by atoms with van der Waals surface area (Å²) in [4.78, 5) is 16.1. The molecular formula is C18H23N3O2. The predicted octanol–water partition coefficient (Wildman–Crippen LogP) is 3.47. The van der Waals surface area contributed by atoms with E-state index in [4.69, 9.17) is 9.84 Å². The molecule has 1 aliphatic rings. The van der Waals surface area contributed by atoms with Crippen molar-refractivity contribution in [3.8, 4) is 11.4 Å². The zero-order valence-electron chi connectivity index (χ0n) is 14.0. The minimum atomic E-state index is -0.0790. The van der Waals surface area contributed by atoms with Crippen molar-refractivity contribution in [3.63, 3.8) is 0 Å². The highest BCUT2D eigenvalue weighted by Crippen LogP contribution is 2.33. The first-order valence-electron chi connectivity index (χ1n) is 8.15. The summed E-state index contributed by atoms with van der Waals surface area (Å²) in [5.74, 6) is -0.0317. The summed E-state index contributed by atoms with van der Waals surface area (Å²) >= 11 is 0. The number of carbonyl (C=O) groups excluding carboxylic acids is 1. The third-order valence-electron chi connectivity index (χ3n) is 4.67. The fourth-order valence-electron chi connectivity index (χ4n) is 3.27. The molecule has 23 heavy (non-hydrogen) atoms. The number of methoxy groups -OCH3 is 1. The van der Waals surface area contributed by atoms with Gasteiger partial charge in [0.2, 0.25) is 0 Å². The van der Waals surface area contributed by atoms with Crippen molar-refractivity contribution in [2.75, 3.05) is 7.11 Å².